The van der Waals surface area contributed by atoms with Crippen LogP contribution in [-0.4, -0.2) is 29.4 Å². The molecule has 0 aliphatic carbocycles. The highest BCUT2D eigenvalue weighted by molar-refractivity contribution is 6.56. The van der Waals surface area contributed by atoms with Gasteiger partial charge in [0, 0.05) is 5.69 Å². The molecule has 1 aromatic rings. The summed E-state index contributed by atoms with van der Waals surface area (Å²) < 4.78 is 0. The molecule has 4 nitrogen and oxygen atoms in total. The van der Waals surface area contributed by atoms with Crippen LogP contribution in [0.25, 0.3) is 0 Å². The molecule has 0 unspecified atom stereocenters. The van der Waals surface area contributed by atoms with E-state index in [0.29, 0.717) is 0 Å². The lowest BCUT2D eigenvalue weighted by molar-refractivity contribution is 0.232. The molecule has 0 radical (unpaired) electrons. The lowest BCUT2D eigenvalue weighted by atomic mass is 10.3. The Labute approximate surface area is 71.5 Å². The van der Waals surface area contributed by atoms with Gasteiger partial charge < -0.3 is 19.7 Å². The zero-order chi connectivity index (χ0) is 9.03. The normalized spacial score (nSPS) is 11.2. The Morgan fingerprint density at radius 1 is 1.08 bits per heavy atom. The summed E-state index contributed by atoms with van der Waals surface area (Å²) >= 11 is 0. The quantitative estimate of drug-likeness (QED) is 0.481. The van der Waals surface area contributed by atoms with Gasteiger partial charge in [0.15, 0.2) is 0 Å². The molecule has 4 N–H and O–H groups in total. The van der Waals surface area contributed by atoms with Crippen molar-refractivity contribution in [2.24, 2.45) is 0 Å². The van der Waals surface area contributed by atoms with Crippen molar-refractivity contribution in [3.8, 4) is 0 Å². The molecule has 5 heteroatoms. The minimum absolute atomic E-state index is 0.184. The molecule has 1 rings (SSSR count). The Balaban J connectivity index is 2.44. The van der Waals surface area contributed by atoms with Gasteiger partial charge in [0.25, 0.3) is 0 Å². The van der Waals surface area contributed by atoms with E-state index in [0.717, 1.165) is 5.69 Å². The molecule has 0 heterocycles. The van der Waals surface area contributed by atoms with Crippen LogP contribution in [0.1, 0.15) is 0 Å². The van der Waals surface area contributed by atoms with E-state index in [1.54, 1.807) is 12.1 Å². The first-order valence-corrected chi connectivity index (χ1v) is 5.59. The van der Waals surface area contributed by atoms with Gasteiger partial charge in [-0.25, -0.2) is 0 Å². The zero-order valence-corrected chi connectivity index (χ0v) is 7.44. The minimum Gasteiger partial charge on any atom is -0.389 e. The van der Waals surface area contributed by atoms with Gasteiger partial charge in [0.2, 0.25) is 0 Å². The van der Waals surface area contributed by atoms with Gasteiger partial charge in [-0.3, -0.25) is 0 Å². The molecule has 0 amide bonds. The maximum Gasteiger partial charge on any atom is 0.512 e. The van der Waals surface area contributed by atoms with Crippen LogP contribution in [0, 0.1) is 0 Å². The van der Waals surface area contributed by atoms with Crippen LogP contribution in [0.4, 0.5) is 5.69 Å². The van der Waals surface area contributed by atoms with E-state index in [1.165, 1.54) is 0 Å². The van der Waals surface area contributed by atoms with Crippen LogP contribution in [0.15, 0.2) is 30.3 Å². The monoisotopic (exact) mass is 185 g/mol. The predicted octanol–water partition coefficient (Wildman–Crippen LogP) is -0.447. The summed E-state index contributed by atoms with van der Waals surface area (Å²) in [7, 11) is -3.95. The Kier molecular flexibility index (Phi) is 2.82. The molecular formula is C7H11NO3Si. The Hall–Kier alpha value is -0.883. The fourth-order valence-electron chi connectivity index (χ4n) is 0.777. The first-order valence-electron chi connectivity index (χ1n) is 3.54. The van der Waals surface area contributed by atoms with Crippen molar-refractivity contribution in [3.05, 3.63) is 30.3 Å². The first kappa shape index (κ1) is 9.21. The van der Waals surface area contributed by atoms with Crippen molar-refractivity contribution in [1.29, 1.82) is 0 Å². The van der Waals surface area contributed by atoms with Crippen molar-refractivity contribution in [3.63, 3.8) is 0 Å². The van der Waals surface area contributed by atoms with E-state index in [-0.39, 0.29) is 6.17 Å². The lowest BCUT2D eigenvalue weighted by Crippen LogP contribution is -2.43. The third-order valence-corrected chi connectivity index (χ3v) is 1.95. The topological polar surface area (TPSA) is 72.7 Å². The number of hydrogen-bond donors (Lipinski definition) is 4. The number of anilines is 1. The van der Waals surface area contributed by atoms with Gasteiger partial charge in [0.1, 0.15) is 0 Å². The van der Waals surface area contributed by atoms with E-state index >= 15 is 0 Å². The average molecular weight is 185 g/mol. The second kappa shape index (κ2) is 3.68. The van der Waals surface area contributed by atoms with Crippen molar-refractivity contribution in [1.82, 2.24) is 0 Å². The molecule has 0 atom stereocenters. The van der Waals surface area contributed by atoms with Gasteiger partial charge in [0.05, 0.1) is 6.17 Å². The second-order valence-electron chi connectivity index (χ2n) is 2.49. The molecule has 0 aliphatic rings. The molecule has 0 saturated carbocycles. The predicted molar refractivity (Wildman–Crippen MR) is 47.3 cm³/mol. The zero-order valence-electron chi connectivity index (χ0n) is 6.44. The summed E-state index contributed by atoms with van der Waals surface area (Å²) in [4.78, 5) is 26.0. The number of rotatable bonds is 3. The number of nitrogens with one attached hydrogen (secondary N) is 1. The van der Waals surface area contributed by atoms with Gasteiger partial charge in [-0.15, -0.1) is 0 Å². The molecule has 0 aliphatic heterocycles. The fourth-order valence-corrected chi connectivity index (χ4v) is 1.22. The van der Waals surface area contributed by atoms with Gasteiger partial charge >= 0.3 is 8.80 Å². The van der Waals surface area contributed by atoms with Crippen molar-refractivity contribution < 1.29 is 14.4 Å². The summed E-state index contributed by atoms with van der Waals surface area (Å²) in [6.07, 6.45) is -0.184. The van der Waals surface area contributed by atoms with Crippen molar-refractivity contribution >= 4 is 14.5 Å². The molecule has 12 heavy (non-hydrogen) atoms. The molecule has 0 spiro atoms. The number of para-hydroxylation sites is 1. The maximum atomic E-state index is 8.67. The number of benzene rings is 1. The fraction of sp³-hybridized carbons (Fsp3) is 0.143. The summed E-state index contributed by atoms with van der Waals surface area (Å²) in [5.74, 6) is 0. The highest BCUT2D eigenvalue weighted by Gasteiger charge is 2.25. The van der Waals surface area contributed by atoms with Crippen LogP contribution in [-0.2, 0) is 0 Å². The van der Waals surface area contributed by atoms with Gasteiger partial charge in [-0.05, 0) is 12.1 Å². The van der Waals surface area contributed by atoms with E-state index in [2.05, 4.69) is 5.32 Å². The third-order valence-electron chi connectivity index (χ3n) is 1.30. The van der Waals surface area contributed by atoms with Gasteiger partial charge in [-0.1, -0.05) is 18.2 Å². The minimum atomic E-state index is -3.95. The Morgan fingerprint density at radius 2 is 1.67 bits per heavy atom. The lowest BCUT2D eigenvalue weighted by Gasteiger charge is -2.11. The average Bonchev–Trinajstić information content (AvgIpc) is 2.02. The smallest absolute Gasteiger partial charge is 0.389 e. The molecule has 0 saturated heterocycles. The van der Waals surface area contributed by atoms with Crippen LogP contribution in [0.3, 0.4) is 0 Å². The molecule has 0 fully saturated rings. The highest BCUT2D eigenvalue weighted by Crippen LogP contribution is 2.04. The van der Waals surface area contributed by atoms with E-state index in [1.807, 2.05) is 18.2 Å². The summed E-state index contributed by atoms with van der Waals surface area (Å²) in [5, 5.41) is 2.70. The summed E-state index contributed by atoms with van der Waals surface area (Å²) in [6.45, 7) is 0. The first-order chi connectivity index (χ1) is 5.58. The summed E-state index contributed by atoms with van der Waals surface area (Å²) in [6, 6.07) is 9.04. The summed E-state index contributed by atoms with van der Waals surface area (Å²) in [5.41, 5.74) is 0.756. The second-order valence-corrected chi connectivity index (χ2v) is 4.40. The molecule has 1 aromatic carbocycles. The van der Waals surface area contributed by atoms with Crippen LogP contribution in [0.2, 0.25) is 0 Å². The SMILES string of the molecule is O[Si](O)(O)CNc1ccccc1. The maximum absolute atomic E-state index is 8.67. The molecule has 0 bridgehead atoms. The van der Waals surface area contributed by atoms with Crippen LogP contribution < -0.4 is 5.32 Å². The van der Waals surface area contributed by atoms with Crippen LogP contribution in [0.5, 0.6) is 0 Å². The molecule has 0 aromatic heterocycles. The Bertz CT molecular complexity index is 234. The third kappa shape index (κ3) is 3.49. The van der Waals surface area contributed by atoms with Crippen LogP contribution >= 0.6 is 0 Å². The largest absolute Gasteiger partial charge is 0.512 e. The molecular weight excluding hydrogens is 174 g/mol. The van der Waals surface area contributed by atoms with E-state index in [9.17, 15) is 0 Å². The Morgan fingerprint density at radius 3 is 2.17 bits per heavy atom. The van der Waals surface area contributed by atoms with Crippen molar-refractivity contribution in [2.45, 2.75) is 0 Å². The van der Waals surface area contributed by atoms with Crippen molar-refractivity contribution in [2.75, 3.05) is 11.5 Å². The van der Waals surface area contributed by atoms with E-state index < -0.39 is 8.80 Å². The van der Waals surface area contributed by atoms with Gasteiger partial charge in [-0.2, -0.15) is 0 Å². The number of hydrogen-bond acceptors (Lipinski definition) is 4. The standard InChI is InChI=1S/C7H11NO3Si/c9-12(10,11)6-8-7-4-2-1-3-5-7/h1-5,8-11H,6H2. The highest BCUT2D eigenvalue weighted by atomic mass is 28.4. The molecule has 66 valence electrons. The van der Waals surface area contributed by atoms with E-state index in [4.69, 9.17) is 14.4 Å².